The zero-order valence-corrected chi connectivity index (χ0v) is 37.9. The standard InChI is InChI=1S/C48H60F2N4O8S/c1-47(2,3)44(40-24-34(38-25-36(49)16-17-39(38)50)29-52(40)26-32-13-9-7-10-14-32)54(28-33-20-22-51(27-33)46(61)62-48(4,5)6)43(58)31-63-30-35(45(59)60)23-37(55)15-11-8-12-21-53-41(56)18-19-42(53)57/h7,9-10,13-14,16-19,24-25,29,33,35,44H,8,11-12,15,20-23,26-28,30-31H2,1-6H3,(H,59,60)/t33?,35-,44-/m0/s1. The van der Waals surface area contributed by atoms with E-state index in [0.717, 1.165) is 40.4 Å². The number of imide groups is 1. The Balaban J connectivity index is 1.37. The number of unbranched alkanes of at least 4 members (excludes halogenated alkanes) is 2. The number of ketones is 1. The Morgan fingerprint density at radius 3 is 2.29 bits per heavy atom. The minimum atomic E-state index is -1.14. The van der Waals surface area contributed by atoms with Crippen LogP contribution in [0.15, 0.2) is 72.9 Å². The van der Waals surface area contributed by atoms with Crippen LogP contribution in [-0.4, -0.2) is 103 Å². The second kappa shape index (κ2) is 21.4. The molecule has 4 amide bonds. The molecule has 2 aromatic carbocycles. The minimum absolute atomic E-state index is 0.0102. The summed E-state index contributed by atoms with van der Waals surface area (Å²) in [6.45, 7) is 13.1. The molecular formula is C48H60F2N4O8S. The van der Waals surface area contributed by atoms with Crippen molar-refractivity contribution in [1.29, 1.82) is 0 Å². The van der Waals surface area contributed by atoms with Gasteiger partial charge >= 0.3 is 12.1 Å². The fourth-order valence-corrected chi connectivity index (χ4v) is 9.10. The van der Waals surface area contributed by atoms with Crippen LogP contribution in [0, 0.1) is 28.9 Å². The van der Waals surface area contributed by atoms with Crippen LogP contribution in [0.5, 0.6) is 0 Å². The van der Waals surface area contributed by atoms with Gasteiger partial charge in [-0.25, -0.2) is 13.6 Å². The highest BCUT2D eigenvalue weighted by Gasteiger charge is 2.40. The number of hydrogen-bond donors (Lipinski definition) is 1. The predicted octanol–water partition coefficient (Wildman–Crippen LogP) is 8.53. The predicted molar refractivity (Wildman–Crippen MR) is 238 cm³/mol. The third kappa shape index (κ3) is 13.8. The first-order chi connectivity index (χ1) is 29.7. The van der Waals surface area contributed by atoms with E-state index in [1.54, 1.807) is 42.8 Å². The number of aliphatic carboxylic acids is 1. The molecule has 0 radical (unpaired) electrons. The maximum Gasteiger partial charge on any atom is 0.410 e. The summed E-state index contributed by atoms with van der Waals surface area (Å²) >= 11 is 1.14. The number of ether oxygens (including phenoxy) is 1. The molecule has 12 nitrogen and oxygen atoms in total. The van der Waals surface area contributed by atoms with Gasteiger partial charge in [0.1, 0.15) is 23.0 Å². The van der Waals surface area contributed by atoms with Crippen molar-refractivity contribution in [1.82, 2.24) is 19.3 Å². The summed E-state index contributed by atoms with van der Waals surface area (Å²) in [5.74, 6) is -4.80. The molecule has 1 aromatic heterocycles. The van der Waals surface area contributed by atoms with Crippen molar-refractivity contribution >= 4 is 47.3 Å². The number of carboxylic acids is 1. The number of amides is 4. The number of aromatic nitrogens is 1. The molecule has 3 aromatic rings. The summed E-state index contributed by atoms with van der Waals surface area (Å²) in [5.41, 5.74) is 0.843. The Hall–Kier alpha value is -5.31. The molecule has 2 aliphatic heterocycles. The molecule has 0 saturated carbocycles. The summed E-state index contributed by atoms with van der Waals surface area (Å²) < 4.78 is 37.6. The highest BCUT2D eigenvalue weighted by Crippen LogP contribution is 2.42. The summed E-state index contributed by atoms with van der Waals surface area (Å²) in [4.78, 5) is 81.3. The molecule has 340 valence electrons. The number of nitrogens with zero attached hydrogens (tertiary/aromatic N) is 4. The highest BCUT2D eigenvalue weighted by molar-refractivity contribution is 7.99. The van der Waals surface area contributed by atoms with Crippen molar-refractivity contribution < 1.29 is 47.4 Å². The molecule has 2 aliphatic rings. The normalized spacial score (nSPS) is 16.4. The van der Waals surface area contributed by atoms with Crippen LogP contribution >= 0.6 is 11.8 Å². The van der Waals surface area contributed by atoms with Crippen molar-refractivity contribution in [3.63, 3.8) is 0 Å². The number of carbonyl (C=O) groups excluding carboxylic acids is 5. The number of halogens is 2. The zero-order valence-electron chi connectivity index (χ0n) is 37.1. The monoisotopic (exact) mass is 890 g/mol. The highest BCUT2D eigenvalue weighted by atomic mass is 32.2. The van der Waals surface area contributed by atoms with Gasteiger partial charge < -0.3 is 24.2 Å². The van der Waals surface area contributed by atoms with Gasteiger partial charge in [-0.15, -0.1) is 0 Å². The van der Waals surface area contributed by atoms with E-state index in [4.69, 9.17) is 4.74 Å². The number of benzene rings is 2. The summed E-state index contributed by atoms with van der Waals surface area (Å²) in [6, 6.07) is 14.2. The molecular weight excluding hydrogens is 831 g/mol. The number of likely N-dealkylation sites (tertiary alicyclic amines) is 1. The van der Waals surface area contributed by atoms with Gasteiger partial charge in [0, 0.05) is 86.5 Å². The van der Waals surface area contributed by atoms with Gasteiger partial charge in [-0.3, -0.25) is 28.9 Å². The van der Waals surface area contributed by atoms with Crippen molar-refractivity contribution in [2.24, 2.45) is 17.3 Å². The van der Waals surface area contributed by atoms with Crippen molar-refractivity contribution in [2.45, 2.75) is 98.3 Å². The second-order valence-corrected chi connectivity index (χ2v) is 19.6. The van der Waals surface area contributed by atoms with Crippen molar-refractivity contribution in [3.8, 4) is 11.1 Å². The molecule has 1 N–H and O–H groups in total. The lowest BCUT2D eigenvalue weighted by atomic mass is 9.82. The molecule has 1 fully saturated rings. The van der Waals surface area contributed by atoms with Crippen LogP contribution in [0.1, 0.15) is 97.4 Å². The SMILES string of the molecule is CC(C)(C)OC(=O)N1CCC(CN(C(=O)CSC[C@H](CC(=O)CCCCCN2C(=O)C=CC2=O)C(=O)O)[C@@H](c2cc(-c3cc(F)ccc3F)cn2Cc2ccccc2)C(C)(C)C)C1. The Bertz CT molecular complexity index is 2140. The average Bonchev–Trinajstić information content (AvgIpc) is 3.93. The zero-order chi connectivity index (χ0) is 46.1. The molecule has 5 rings (SSSR count). The minimum Gasteiger partial charge on any atom is -0.481 e. The van der Waals surface area contributed by atoms with E-state index in [-0.39, 0.29) is 72.4 Å². The maximum absolute atomic E-state index is 15.4. The van der Waals surface area contributed by atoms with E-state index in [9.17, 15) is 38.3 Å². The lowest BCUT2D eigenvalue weighted by Crippen LogP contribution is -2.46. The molecule has 3 atom stereocenters. The van der Waals surface area contributed by atoms with Crippen LogP contribution < -0.4 is 0 Å². The van der Waals surface area contributed by atoms with Crippen LogP contribution in [0.25, 0.3) is 11.1 Å². The van der Waals surface area contributed by atoms with E-state index >= 15 is 4.39 Å². The van der Waals surface area contributed by atoms with Crippen LogP contribution in [0.3, 0.4) is 0 Å². The molecule has 0 spiro atoms. The number of rotatable bonds is 20. The quantitative estimate of drug-likeness (QED) is 0.0871. The first-order valence-electron chi connectivity index (χ1n) is 21.5. The van der Waals surface area contributed by atoms with Crippen LogP contribution in [0.4, 0.5) is 13.6 Å². The van der Waals surface area contributed by atoms with E-state index < -0.39 is 46.7 Å². The molecule has 63 heavy (non-hydrogen) atoms. The van der Waals surface area contributed by atoms with E-state index in [1.165, 1.54) is 12.2 Å². The molecule has 3 heterocycles. The Morgan fingerprint density at radius 1 is 0.937 bits per heavy atom. The first kappa shape index (κ1) is 48.7. The maximum atomic E-state index is 15.4. The number of thioether (sulfide) groups is 1. The topological polar surface area (TPSA) is 147 Å². The van der Waals surface area contributed by atoms with Gasteiger partial charge in [0.05, 0.1) is 17.7 Å². The third-order valence-electron chi connectivity index (χ3n) is 11.1. The van der Waals surface area contributed by atoms with Crippen molar-refractivity contribution in [2.75, 3.05) is 37.7 Å². The molecule has 15 heteroatoms. The average molecular weight is 891 g/mol. The molecule has 1 unspecified atom stereocenters. The molecule has 0 aliphatic carbocycles. The Labute approximate surface area is 373 Å². The molecule has 1 saturated heterocycles. The van der Waals surface area contributed by atoms with Crippen LogP contribution in [0.2, 0.25) is 0 Å². The van der Waals surface area contributed by atoms with Gasteiger partial charge in [-0.05, 0) is 81.2 Å². The number of Topliss-reactive ketones (excluding diaryl/α,β-unsaturated/α-hetero) is 1. The molecule has 0 bridgehead atoms. The largest absolute Gasteiger partial charge is 0.481 e. The van der Waals surface area contributed by atoms with Gasteiger partial charge in [0.15, 0.2) is 0 Å². The summed E-state index contributed by atoms with van der Waals surface area (Å²) in [7, 11) is 0. The van der Waals surface area contributed by atoms with Gasteiger partial charge in [0.2, 0.25) is 5.91 Å². The first-order valence-corrected chi connectivity index (χ1v) is 22.7. The van der Waals surface area contributed by atoms with E-state index in [2.05, 4.69) is 0 Å². The second-order valence-electron chi connectivity index (χ2n) is 18.6. The van der Waals surface area contributed by atoms with Crippen molar-refractivity contribution in [3.05, 3.63) is 95.8 Å². The smallest absolute Gasteiger partial charge is 0.410 e. The fraction of sp³-hybridized carbons (Fsp3) is 0.500. The van der Waals surface area contributed by atoms with Gasteiger partial charge in [0.25, 0.3) is 11.8 Å². The van der Waals surface area contributed by atoms with E-state index in [0.29, 0.717) is 56.6 Å². The fourth-order valence-electron chi connectivity index (χ4n) is 8.10. The van der Waals surface area contributed by atoms with Gasteiger partial charge in [-0.1, -0.05) is 57.5 Å². The van der Waals surface area contributed by atoms with Gasteiger partial charge in [-0.2, -0.15) is 11.8 Å². The Kier molecular flexibility index (Phi) is 16.5. The summed E-state index contributed by atoms with van der Waals surface area (Å²) in [6.07, 6.45) is 5.93. The number of carboxylic acid groups (broad SMARTS) is 1. The summed E-state index contributed by atoms with van der Waals surface area (Å²) in [5, 5.41) is 10.1. The number of carbonyl (C=O) groups is 6. The lowest BCUT2D eigenvalue weighted by Gasteiger charge is -2.42. The van der Waals surface area contributed by atoms with Crippen LogP contribution in [-0.2, 0) is 35.3 Å². The number of hydrogen-bond acceptors (Lipinski definition) is 8. The Morgan fingerprint density at radius 2 is 1.63 bits per heavy atom. The third-order valence-corrected chi connectivity index (χ3v) is 12.2. The lowest BCUT2D eigenvalue weighted by molar-refractivity contribution is -0.143. The van der Waals surface area contributed by atoms with E-state index in [1.807, 2.05) is 55.7 Å².